The normalized spacial score (nSPS) is 12.2. The molecule has 0 radical (unpaired) electrons. The SMILES string of the molecule is CC(C)[Si](C#Cc1nc2ccccc2nc1-c1ccc(-c2ccc(-c3ccc(-c4ccc(-c5nc6ccccc6nc5C#C[Si](C(C)C)(C(C)C)C(C)C)s4)cc3)cc2)s1)(C(C)C)C(C)C. The fourth-order valence-corrected chi connectivity index (χ4v) is 23.0. The Hall–Kier alpha value is -5.49. The molecular weight excluding hydrogens is 873 g/mol. The van der Waals surface area contributed by atoms with E-state index < -0.39 is 16.1 Å². The average Bonchev–Trinajstić information content (AvgIpc) is 4.00. The minimum absolute atomic E-state index is 0.536. The van der Waals surface area contributed by atoms with Gasteiger partial charge >= 0.3 is 0 Å². The molecule has 8 aromatic rings. The van der Waals surface area contributed by atoms with Crippen LogP contribution in [0.15, 0.2) is 121 Å². The number of benzene rings is 4. The summed E-state index contributed by atoms with van der Waals surface area (Å²) in [5, 5.41) is 0. The summed E-state index contributed by atoms with van der Waals surface area (Å²) < 4.78 is 0. The Morgan fingerprint density at radius 1 is 0.333 bits per heavy atom. The fourth-order valence-electron chi connectivity index (χ4n) is 10.6. The molecule has 334 valence electrons. The van der Waals surface area contributed by atoms with Gasteiger partial charge in [0, 0.05) is 9.75 Å². The summed E-state index contributed by atoms with van der Waals surface area (Å²) in [6.07, 6.45) is 0. The highest BCUT2D eigenvalue weighted by molar-refractivity contribution is 7.19. The van der Waals surface area contributed by atoms with Crippen molar-refractivity contribution < 1.29 is 0 Å². The fraction of sp³-hybridized carbons (Fsp3) is 0.310. The average molecular weight is 935 g/mol. The van der Waals surface area contributed by atoms with E-state index in [9.17, 15) is 0 Å². The highest BCUT2D eigenvalue weighted by Crippen LogP contribution is 2.43. The summed E-state index contributed by atoms with van der Waals surface area (Å²) in [6.45, 7) is 28.3. The molecule has 0 aliphatic rings. The van der Waals surface area contributed by atoms with Gasteiger partial charge in [0.1, 0.15) is 38.9 Å². The number of para-hydroxylation sites is 4. The maximum Gasteiger partial charge on any atom is 0.146 e. The molecule has 0 saturated carbocycles. The molecule has 8 heteroatoms. The molecule has 66 heavy (non-hydrogen) atoms. The third-order valence-electron chi connectivity index (χ3n) is 14.0. The summed E-state index contributed by atoms with van der Waals surface area (Å²) in [7, 11) is -3.95. The van der Waals surface area contributed by atoms with Crippen molar-refractivity contribution in [2.45, 2.75) is 116 Å². The topological polar surface area (TPSA) is 51.6 Å². The zero-order chi connectivity index (χ0) is 46.9. The Labute approximate surface area is 403 Å². The van der Waals surface area contributed by atoms with Crippen LogP contribution in [-0.4, -0.2) is 36.1 Å². The predicted octanol–water partition coefficient (Wildman–Crippen LogP) is 17.2. The second kappa shape index (κ2) is 19.4. The van der Waals surface area contributed by atoms with Crippen LogP contribution in [0.2, 0.25) is 33.2 Å². The van der Waals surface area contributed by atoms with Crippen LogP contribution in [0.1, 0.15) is 94.5 Å². The smallest absolute Gasteiger partial charge is 0.146 e. The first-order valence-electron chi connectivity index (χ1n) is 23.6. The zero-order valence-electron chi connectivity index (χ0n) is 40.6. The molecule has 4 aromatic heterocycles. The maximum atomic E-state index is 5.18. The Morgan fingerprint density at radius 3 is 0.909 bits per heavy atom. The van der Waals surface area contributed by atoms with Crippen molar-refractivity contribution in [2.24, 2.45) is 0 Å². The van der Waals surface area contributed by atoms with Gasteiger partial charge in [-0.2, -0.15) is 0 Å². The molecule has 0 aliphatic carbocycles. The second-order valence-corrected chi connectivity index (χ2v) is 32.9. The number of hydrogen-bond donors (Lipinski definition) is 0. The largest absolute Gasteiger partial charge is 0.242 e. The van der Waals surface area contributed by atoms with Gasteiger partial charge < -0.3 is 0 Å². The van der Waals surface area contributed by atoms with Crippen molar-refractivity contribution in [2.75, 3.05) is 0 Å². The number of fused-ring (bicyclic) bond motifs is 2. The molecule has 0 unspecified atom stereocenters. The van der Waals surface area contributed by atoms with Crippen LogP contribution in [0, 0.1) is 22.9 Å². The van der Waals surface area contributed by atoms with Crippen LogP contribution in [0.25, 0.3) is 75.2 Å². The third-order valence-corrected chi connectivity index (χ3v) is 28.9. The van der Waals surface area contributed by atoms with Gasteiger partial charge in [0.2, 0.25) is 0 Å². The van der Waals surface area contributed by atoms with Crippen molar-refractivity contribution in [3.8, 4) is 76.1 Å². The molecular formula is C58H62N4S2Si2. The van der Waals surface area contributed by atoms with Crippen LogP contribution in [0.5, 0.6) is 0 Å². The van der Waals surface area contributed by atoms with E-state index in [4.69, 9.17) is 19.9 Å². The van der Waals surface area contributed by atoms with Crippen molar-refractivity contribution in [3.63, 3.8) is 0 Å². The van der Waals surface area contributed by atoms with Crippen LogP contribution in [0.4, 0.5) is 0 Å². The van der Waals surface area contributed by atoms with E-state index >= 15 is 0 Å². The van der Waals surface area contributed by atoms with Gasteiger partial charge in [-0.15, -0.1) is 33.8 Å². The Bertz CT molecular complexity index is 2880. The highest BCUT2D eigenvalue weighted by Gasteiger charge is 2.43. The van der Waals surface area contributed by atoms with Crippen molar-refractivity contribution in [1.29, 1.82) is 0 Å². The summed E-state index contributed by atoms with van der Waals surface area (Å²) in [5.41, 5.74) is 22.6. The Morgan fingerprint density at radius 2 is 0.606 bits per heavy atom. The molecule has 4 nitrogen and oxygen atoms in total. The maximum absolute atomic E-state index is 5.18. The molecule has 0 bridgehead atoms. The summed E-state index contributed by atoms with van der Waals surface area (Å²) >= 11 is 3.50. The van der Waals surface area contributed by atoms with Crippen molar-refractivity contribution >= 4 is 60.9 Å². The molecule has 0 atom stereocenters. The van der Waals surface area contributed by atoms with Gasteiger partial charge in [-0.25, -0.2) is 19.9 Å². The highest BCUT2D eigenvalue weighted by atomic mass is 32.1. The molecule has 0 fully saturated rings. The first kappa shape index (κ1) is 47.0. The molecule has 0 saturated heterocycles. The van der Waals surface area contributed by atoms with Gasteiger partial charge in [0.05, 0.1) is 31.8 Å². The number of nitrogens with zero attached hydrogens (tertiary/aromatic N) is 4. The van der Waals surface area contributed by atoms with E-state index in [1.54, 1.807) is 22.7 Å². The van der Waals surface area contributed by atoms with Gasteiger partial charge in [-0.1, -0.05) is 168 Å². The Kier molecular flexibility index (Phi) is 13.8. The van der Waals surface area contributed by atoms with Crippen molar-refractivity contribution in [1.82, 2.24) is 19.9 Å². The first-order chi connectivity index (χ1) is 31.6. The first-order valence-corrected chi connectivity index (χ1v) is 29.7. The zero-order valence-corrected chi connectivity index (χ0v) is 44.2. The van der Waals surface area contributed by atoms with Crippen LogP contribution < -0.4 is 0 Å². The van der Waals surface area contributed by atoms with Gasteiger partial charge in [-0.3, -0.25) is 0 Å². The minimum Gasteiger partial charge on any atom is -0.242 e. The lowest BCUT2D eigenvalue weighted by molar-refractivity contribution is 0.838. The van der Waals surface area contributed by atoms with E-state index in [0.29, 0.717) is 33.2 Å². The minimum atomic E-state index is -1.97. The molecule has 4 aromatic carbocycles. The lowest BCUT2D eigenvalue weighted by Gasteiger charge is -2.38. The number of rotatable bonds is 11. The molecule has 0 amide bonds. The van der Waals surface area contributed by atoms with Gasteiger partial charge in [0.15, 0.2) is 0 Å². The molecule has 0 spiro atoms. The molecule has 4 heterocycles. The summed E-state index contributed by atoms with van der Waals surface area (Å²) in [5.74, 6) is 7.30. The number of hydrogen-bond acceptors (Lipinski definition) is 6. The van der Waals surface area contributed by atoms with Gasteiger partial charge in [-0.05, 0) is 104 Å². The van der Waals surface area contributed by atoms with Gasteiger partial charge in [0.25, 0.3) is 0 Å². The molecule has 8 rings (SSSR count). The standard InChI is InChI=1S/C58H62N4S2Si2/c1-37(2)65(38(3)4,39(5)6)35-33-51-57(61-49-19-15-13-17-47(49)59-51)55-31-29-53(63-55)45-25-21-43(22-26-45)44-23-27-46(28-24-44)54-30-32-56(64-54)58-52(60-48-18-14-16-20-50(48)62-58)34-36-66(40(7)8,41(9)10)42(11)12/h13-32,37-42H,1-12H3. The van der Waals surface area contributed by atoms with E-state index in [0.717, 1.165) is 54.6 Å². The monoisotopic (exact) mass is 934 g/mol. The van der Waals surface area contributed by atoms with Crippen LogP contribution >= 0.6 is 22.7 Å². The van der Waals surface area contributed by atoms with E-state index in [1.165, 1.54) is 32.0 Å². The van der Waals surface area contributed by atoms with Crippen molar-refractivity contribution in [3.05, 3.63) is 133 Å². The number of aromatic nitrogens is 4. The molecule has 0 aliphatic heterocycles. The van der Waals surface area contributed by atoms with Crippen LogP contribution in [-0.2, 0) is 0 Å². The van der Waals surface area contributed by atoms with E-state index in [2.05, 4.69) is 179 Å². The second-order valence-electron chi connectivity index (χ2n) is 19.6. The van der Waals surface area contributed by atoms with E-state index in [-0.39, 0.29) is 0 Å². The summed E-state index contributed by atoms with van der Waals surface area (Å²) in [6, 6.07) is 42.9. The third kappa shape index (κ3) is 9.02. The van der Waals surface area contributed by atoms with Crippen LogP contribution in [0.3, 0.4) is 0 Å². The Balaban J connectivity index is 1.05. The molecule has 0 N–H and O–H groups in total. The lowest BCUT2D eigenvalue weighted by Crippen LogP contribution is -2.43. The quantitative estimate of drug-likeness (QED) is 0.0958. The predicted molar refractivity (Wildman–Crippen MR) is 291 cm³/mol. The van der Waals surface area contributed by atoms with E-state index in [1.807, 2.05) is 48.5 Å². The lowest BCUT2D eigenvalue weighted by atomic mass is 10.0. The summed E-state index contributed by atoms with van der Waals surface area (Å²) in [4.78, 5) is 25.2. The number of thiophene rings is 2.